The average Bonchev–Trinajstić information content (AvgIpc) is 2.95. The molecule has 1 aromatic carbocycles. The first-order chi connectivity index (χ1) is 8.66. The molecule has 2 aromatic heterocycles. The second-order valence-electron chi connectivity index (χ2n) is 4.12. The summed E-state index contributed by atoms with van der Waals surface area (Å²) in [4.78, 5) is 4.14. The van der Waals surface area contributed by atoms with Gasteiger partial charge < -0.3 is 9.63 Å². The Hall–Kier alpha value is -2.21. The summed E-state index contributed by atoms with van der Waals surface area (Å²) in [6.45, 7) is 1.59. The number of fused-ring (bicyclic) bond motifs is 1. The Morgan fingerprint density at radius 2 is 2.11 bits per heavy atom. The predicted octanol–water partition coefficient (Wildman–Crippen LogP) is 1.68. The van der Waals surface area contributed by atoms with E-state index in [0.29, 0.717) is 11.6 Å². The van der Waals surface area contributed by atoms with Crippen molar-refractivity contribution in [2.24, 2.45) is 7.05 Å². The largest absolute Gasteiger partial charge is 0.385 e. The number of nitrogens with zero attached hydrogens (tertiary/aromatic N) is 4. The van der Waals surface area contributed by atoms with Crippen molar-refractivity contribution >= 4 is 10.9 Å². The molecule has 3 aromatic rings. The van der Waals surface area contributed by atoms with Gasteiger partial charge in [0, 0.05) is 12.4 Å². The maximum absolute atomic E-state index is 9.39. The molecule has 1 N–H and O–H groups in total. The molecule has 3 rings (SSSR count). The Bertz CT molecular complexity index is 699. The van der Waals surface area contributed by atoms with Crippen LogP contribution in [0.5, 0.6) is 0 Å². The Labute approximate surface area is 103 Å². The molecular weight excluding hydrogens is 232 g/mol. The third-order valence-electron chi connectivity index (χ3n) is 2.78. The van der Waals surface area contributed by atoms with Gasteiger partial charge in [-0.25, -0.2) is 0 Å². The van der Waals surface area contributed by atoms with Crippen LogP contribution in [0.3, 0.4) is 0 Å². The maximum Gasteiger partial charge on any atom is 0.279 e. The highest BCUT2D eigenvalue weighted by atomic mass is 16.5. The molecule has 0 aliphatic carbocycles. The van der Waals surface area contributed by atoms with Crippen molar-refractivity contribution in [1.29, 1.82) is 0 Å². The molecule has 6 heteroatoms. The van der Waals surface area contributed by atoms with Gasteiger partial charge in [0.15, 0.2) is 11.5 Å². The number of benzene rings is 1. The van der Waals surface area contributed by atoms with E-state index in [0.717, 1.165) is 10.9 Å². The normalized spacial score (nSPS) is 13.1. The summed E-state index contributed by atoms with van der Waals surface area (Å²) in [5.74, 6) is 0.586. The topological polar surface area (TPSA) is 77.0 Å². The van der Waals surface area contributed by atoms with Crippen LogP contribution in [0.1, 0.15) is 18.9 Å². The zero-order valence-electron chi connectivity index (χ0n) is 10.0. The number of aliphatic hydroxyl groups excluding tert-OH is 1. The first kappa shape index (κ1) is 10.9. The summed E-state index contributed by atoms with van der Waals surface area (Å²) in [5.41, 5.74) is 1.62. The number of aromatic nitrogens is 4. The highest BCUT2D eigenvalue weighted by Crippen LogP contribution is 2.26. The van der Waals surface area contributed by atoms with Gasteiger partial charge in [-0.15, -0.1) is 0 Å². The summed E-state index contributed by atoms with van der Waals surface area (Å²) in [7, 11) is 1.86. The van der Waals surface area contributed by atoms with E-state index in [1.165, 1.54) is 0 Å². The van der Waals surface area contributed by atoms with Gasteiger partial charge in [-0.3, -0.25) is 4.68 Å². The average molecular weight is 244 g/mol. The first-order valence-electron chi connectivity index (χ1n) is 5.60. The van der Waals surface area contributed by atoms with Gasteiger partial charge >= 0.3 is 0 Å². The van der Waals surface area contributed by atoms with Crippen LogP contribution in [0.25, 0.3) is 22.5 Å². The molecule has 0 spiro atoms. The molecule has 1 atom stereocenters. The molecular formula is C12H12N4O2. The molecule has 0 aliphatic rings. The van der Waals surface area contributed by atoms with E-state index < -0.39 is 6.10 Å². The molecule has 0 aliphatic heterocycles. The smallest absolute Gasteiger partial charge is 0.279 e. The molecule has 0 amide bonds. The van der Waals surface area contributed by atoms with Gasteiger partial charge in [-0.2, -0.15) is 10.1 Å². The number of hydrogen-bond donors (Lipinski definition) is 1. The van der Waals surface area contributed by atoms with Crippen molar-refractivity contribution in [3.8, 4) is 11.6 Å². The van der Waals surface area contributed by atoms with Crippen LogP contribution in [0.15, 0.2) is 28.8 Å². The minimum atomic E-state index is -0.752. The molecule has 0 radical (unpaired) electrons. The molecule has 0 saturated carbocycles. The van der Waals surface area contributed by atoms with Crippen LogP contribution in [0.2, 0.25) is 0 Å². The summed E-state index contributed by atoms with van der Waals surface area (Å²) < 4.78 is 6.90. The van der Waals surface area contributed by atoms with E-state index in [1.807, 2.05) is 31.3 Å². The zero-order valence-corrected chi connectivity index (χ0v) is 10.0. The predicted molar refractivity (Wildman–Crippen MR) is 64.6 cm³/mol. The Balaban J connectivity index is 2.19. The van der Waals surface area contributed by atoms with Crippen LogP contribution in [0, 0.1) is 0 Å². The fourth-order valence-corrected chi connectivity index (χ4v) is 1.87. The number of hydrogen-bond acceptors (Lipinski definition) is 5. The summed E-state index contributed by atoms with van der Waals surface area (Å²) in [5, 5.41) is 18.4. The van der Waals surface area contributed by atoms with Crippen LogP contribution in [-0.4, -0.2) is 25.0 Å². The lowest BCUT2D eigenvalue weighted by molar-refractivity contribution is 0.184. The summed E-state index contributed by atoms with van der Waals surface area (Å²) in [6, 6.07) is 7.80. The van der Waals surface area contributed by atoms with Crippen molar-refractivity contribution in [3.05, 3.63) is 30.1 Å². The third kappa shape index (κ3) is 1.58. The quantitative estimate of drug-likeness (QED) is 0.742. The molecule has 92 valence electrons. The lowest BCUT2D eigenvalue weighted by atomic mass is 10.2. The van der Waals surface area contributed by atoms with E-state index >= 15 is 0 Å². The molecule has 6 nitrogen and oxygen atoms in total. The number of aliphatic hydroxyl groups is 1. The first-order valence-corrected chi connectivity index (χ1v) is 5.60. The van der Waals surface area contributed by atoms with Crippen molar-refractivity contribution in [2.45, 2.75) is 13.0 Å². The van der Waals surface area contributed by atoms with Crippen molar-refractivity contribution < 1.29 is 9.63 Å². The van der Waals surface area contributed by atoms with Gasteiger partial charge in [-0.05, 0) is 13.0 Å². The maximum atomic E-state index is 9.39. The molecule has 0 saturated heterocycles. The molecule has 0 fully saturated rings. The standard InChI is InChI=1S/C12H12N4O2/c1-7(17)11-13-12(18-15-11)10-8-5-3-4-6-9(8)16(2)14-10/h3-7,17H,1-2H3. The second-order valence-corrected chi connectivity index (χ2v) is 4.12. The lowest BCUT2D eigenvalue weighted by Gasteiger charge is -1.91. The third-order valence-corrected chi connectivity index (χ3v) is 2.78. The number of para-hydroxylation sites is 1. The van der Waals surface area contributed by atoms with E-state index in [4.69, 9.17) is 4.52 Å². The molecule has 0 bridgehead atoms. The van der Waals surface area contributed by atoms with Crippen molar-refractivity contribution in [2.75, 3.05) is 0 Å². The van der Waals surface area contributed by atoms with E-state index in [2.05, 4.69) is 15.2 Å². The van der Waals surface area contributed by atoms with Crippen LogP contribution >= 0.6 is 0 Å². The van der Waals surface area contributed by atoms with Crippen LogP contribution in [-0.2, 0) is 7.05 Å². The Kier molecular flexibility index (Phi) is 2.38. The fraction of sp³-hybridized carbons (Fsp3) is 0.250. The summed E-state index contributed by atoms with van der Waals surface area (Å²) in [6.07, 6.45) is -0.752. The molecule has 18 heavy (non-hydrogen) atoms. The van der Waals surface area contributed by atoms with Gasteiger partial charge in [-0.1, -0.05) is 23.4 Å². The van der Waals surface area contributed by atoms with Gasteiger partial charge in [0.05, 0.1) is 5.52 Å². The summed E-state index contributed by atoms with van der Waals surface area (Å²) >= 11 is 0. The van der Waals surface area contributed by atoms with Gasteiger partial charge in [0.2, 0.25) is 0 Å². The second kappa shape index (κ2) is 3.92. The minimum Gasteiger partial charge on any atom is -0.385 e. The van der Waals surface area contributed by atoms with Crippen LogP contribution in [0.4, 0.5) is 0 Å². The molecule has 2 heterocycles. The fourth-order valence-electron chi connectivity index (χ4n) is 1.87. The van der Waals surface area contributed by atoms with Gasteiger partial charge in [0.25, 0.3) is 5.89 Å². The highest BCUT2D eigenvalue weighted by Gasteiger charge is 2.18. The highest BCUT2D eigenvalue weighted by molar-refractivity contribution is 5.91. The van der Waals surface area contributed by atoms with E-state index in [9.17, 15) is 5.11 Å². The SMILES string of the molecule is CC(O)c1noc(-c2nn(C)c3ccccc23)n1. The zero-order chi connectivity index (χ0) is 12.7. The molecule has 1 unspecified atom stereocenters. The Morgan fingerprint density at radius 1 is 1.33 bits per heavy atom. The lowest BCUT2D eigenvalue weighted by Crippen LogP contribution is -1.93. The number of aryl methyl sites for hydroxylation is 1. The van der Waals surface area contributed by atoms with Gasteiger partial charge in [0.1, 0.15) is 6.10 Å². The van der Waals surface area contributed by atoms with E-state index in [-0.39, 0.29) is 5.82 Å². The van der Waals surface area contributed by atoms with Crippen molar-refractivity contribution in [3.63, 3.8) is 0 Å². The minimum absolute atomic E-state index is 0.264. The van der Waals surface area contributed by atoms with Crippen LogP contribution < -0.4 is 0 Å². The van der Waals surface area contributed by atoms with Crippen molar-refractivity contribution in [1.82, 2.24) is 19.9 Å². The monoisotopic (exact) mass is 244 g/mol. The van der Waals surface area contributed by atoms with E-state index in [1.54, 1.807) is 11.6 Å². The number of rotatable bonds is 2. The Morgan fingerprint density at radius 3 is 2.83 bits per heavy atom.